The van der Waals surface area contributed by atoms with Gasteiger partial charge in [-0.25, -0.2) is 0 Å². The van der Waals surface area contributed by atoms with Gasteiger partial charge in [0, 0.05) is 6.42 Å². The summed E-state index contributed by atoms with van der Waals surface area (Å²) in [6, 6.07) is 0. The first-order valence-corrected chi connectivity index (χ1v) is 10.3. The minimum atomic E-state index is -1.92. The van der Waals surface area contributed by atoms with Gasteiger partial charge in [-0.05, 0) is 44.3 Å². The van der Waals surface area contributed by atoms with Gasteiger partial charge in [-0.2, -0.15) is 0 Å². The average molecular weight is 297 g/mol. The van der Waals surface area contributed by atoms with E-state index >= 15 is 0 Å². The molecule has 0 fully saturated rings. The Morgan fingerprint density at radius 1 is 1.35 bits per heavy atom. The van der Waals surface area contributed by atoms with Crippen LogP contribution in [-0.4, -0.2) is 25.1 Å². The Morgan fingerprint density at radius 3 is 2.30 bits per heavy atom. The summed E-state index contributed by atoms with van der Waals surface area (Å²) in [6.07, 6.45) is 9.76. The highest BCUT2D eigenvalue weighted by Gasteiger charge is 2.43. The summed E-state index contributed by atoms with van der Waals surface area (Å²) in [4.78, 5) is 0. The van der Waals surface area contributed by atoms with E-state index < -0.39 is 13.9 Å². The summed E-state index contributed by atoms with van der Waals surface area (Å²) >= 11 is 0. The molecule has 0 aliphatic carbocycles. The molecule has 20 heavy (non-hydrogen) atoms. The topological polar surface area (TPSA) is 29.5 Å². The van der Waals surface area contributed by atoms with Crippen LogP contribution >= 0.6 is 0 Å². The van der Waals surface area contributed by atoms with Crippen LogP contribution in [-0.2, 0) is 4.43 Å². The summed E-state index contributed by atoms with van der Waals surface area (Å²) < 4.78 is 6.43. The van der Waals surface area contributed by atoms with Crippen molar-refractivity contribution in [3.63, 3.8) is 0 Å². The Bertz CT molecular complexity index is 345. The third kappa shape index (κ3) is 5.83. The third-order valence-corrected chi connectivity index (χ3v) is 8.83. The molecular weight excluding hydrogens is 264 g/mol. The molecule has 0 rings (SSSR count). The largest absolute Gasteiger partial charge is 0.411 e. The average Bonchev–Trinajstić information content (AvgIpc) is 2.30. The second-order valence-electron chi connectivity index (χ2n) is 7.29. The van der Waals surface area contributed by atoms with E-state index in [9.17, 15) is 5.11 Å². The molecule has 0 aromatic heterocycles. The molecule has 0 saturated carbocycles. The van der Waals surface area contributed by atoms with Crippen LogP contribution in [0.4, 0.5) is 0 Å². The molecule has 0 spiro atoms. The first kappa shape index (κ1) is 19.4. The normalized spacial score (nSPS) is 17.1. The molecule has 116 valence electrons. The van der Waals surface area contributed by atoms with Crippen molar-refractivity contribution >= 4 is 8.32 Å². The number of rotatable bonds is 8. The van der Waals surface area contributed by atoms with Crippen LogP contribution in [0.3, 0.4) is 0 Å². The lowest BCUT2D eigenvalue weighted by Gasteiger charge is -2.43. The lowest BCUT2D eigenvalue weighted by atomic mass is 9.90. The second kappa shape index (κ2) is 7.45. The fourth-order valence-corrected chi connectivity index (χ4v) is 3.24. The highest BCUT2D eigenvalue weighted by atomic mass is 28.4. The van der Waals surface area contributed by atoms with Crippen LogP contribution < -0.4 is 0 Å². The van der Waals surface area contributed by atoms with Gasteiger partial charge in [-0.3, -0.25) is 0 Å². The summed E-state index contributed by atoms with van der Waals surface area (Å²) in [5.74, 6) is 2.66. The highest BCUT2D eigenvalue weighted by molar-refractivity contribution is 6.74. The fraction of sp³-hybridized carbons (Fsp3) is 0.765. The van der Waals surface area contributed by atoms with Crippen LogP contribution in [0, 0.1) is 12.3 Å². The Balaban J connectivity index is 5.07. The minimum absolute atomic E-state index is 0.121. The SMILES string of the molecule is C#CCC[C@H](O[Si](C)(C)C(C)(C)C)[C@](C)(O)CCC=C. The Morgan fingerprint density at radius 2 is 1.90 bits per heavy atom. The van der Waals surface area contributed by atoms with Gasteiger partial charge in [0.2, 0.25) is 0 Å². The molecule has 0 radical (unpaired) electrons. The number of aliphatic hydroxyl groups is 1. The molecule has 0 unspecified atom stereocenters. The van der Waals surface area contributed by atoms with Gasteiger partial charge in [0.25, 0.3) is 0 Å². The Labute approximate surface area is 126 Å². The van der Waals surface area contributed by atoms with Gasteiger partial charge in [0.15, 0.2) is 8.32 Å². The van der Waals surface area contributed by atoms with E-state index in [0.717, 1.165) is 6.42 Å². The van der Waals surface area contributed by atoms with Crippen molar-refractivity contribution in [2.75, 3.05) is 0 Å². The summed E-state index contributed by atoms with van der Waals surface area (Å²) in [5, 5.41) is 10.9. The van der Waals surface area contributed by atoms with Crippen molar-refractivity contribution in [3.8, 4) is 12.3 Å². The maximum atomic E-state index is 10.7. The second-order valence-corrected chi connectivity index (χ2v) is 12.1. The molecule has 0 aromatic carbocycles. The van der Waals surface area contributed by atoms with Gasteiger partial charge in [0.1, 0.15) is 0 Å². The number of hydrogen-bond donors (Lipinski definition) is 1. The monoisotopic (exact) mass is 296 g/mol. The van der Waals surface area contributed by atoms with Gasteiger partial charge >= 0.3 is 0 Å². The van der Waals surface area contributed by atoms with Crippen molar-refractivity contribution in [1.29, 1.82) is 0 Å². The van der Waals surface area contributed by atoms with E-state index in [1.54, 1.807) is 0 Å². The van der Waals surface area contributed by atoms with Crippen LogP contribution in [0.5, 0.6) is 0 Å². The van der Waals surface area contributed by atoms with Crippen LogP contribution in [0.1, 0.15) is 53.4 Å². The summed E-state index contributed by atoms with van der Waals surface area (Å²) in [5.41, 5.74) is -0.861. The molecule has 0 amide bonds. The molecule has 2 nitrogen and oxygen atoms in total. The summed E-state index contributed by atoms with van der Waals surface area (Å²) in [6.45, 7) is 16.6. The van der Waals surface area contributed by atoms with E-state index in [0.29, 0.717) is 19.3 Å². The van der Waals surface area contributed by atoms with E-state index in [4.69, 9.17) is 10.8 Å². The van der Waals surface area contributed by atoms with Crippen LogP contribution in [0.25, 0.3) is 0 Å². The molecule has 0 saturated heterocycles. The molecule has 0 aliphatic heterocycles. The predicted octanol–water partition coefficient (Wildman–Crippen LogP) is 4.51. The minimum Gasteiger partial charge on any atom is -0.411 e. The van der Waals surface area contributed by atoms with Crippen molar-refractivity contribution in [1.82, 2.24) is 0 Å². The lowest BCUT2D eigenvalue weighted by Crippen LogP contribution is -2.51. The summed E-state index contributed by atoms with van der Waals surface area (Å²) in [7, 11) is -1.92. The molecule has 0 heterocycles. The van der Waals surface area contributed by atoms with E-state index in [1.165, 1.54) is 0 Å². The quantitative estimate of drug-likeness (QED) is 0.406. The Kier molecular flexibility index (Phi) is 7.24. The molecule has 0 aliphatic rings. The zero-order valence-electron chi connectivity index (χ0n) is 14.1. The van der Waals surface area contributed by atoms with Gasteiger partial charge in [0.05, 0.1) is 11.7 Å². The smallest absolute Gasteiger partial charge is 0.192 e. The van der Waals surface area contributed by atoms with Crippen molar-refractivity contribution < 1.29 is 9.53 Å². The number of hydrogen-bond acceptors (Lipinski definition) is 2. The van der Waals surface area contributed by atoms with Crippen LogP contribution in [0.15, 0.2) is 12.7 Å². The van der Waals surface area contributed by atoms with Gasteiger partial charge < -0.3 is 9.53 Å². The molecular formula is C17H32O2Si. The van der Waals surface area contributed by atoms with E-state index in [2.05, 4.69) is 46.4 Å². The van der Waals surface area contributed by atoms with Crippen molar-refractivity contribution in [2.45, 2.75) is 83.2 Å². The first-order chi connectivity index (χ1) is 8.98. The molecule has 0 bridgehead atoms. The lowest BCUT2D eigenvalue weighted by molar-refractivity contribution is -0.0616. The highest BCUT2D eigenvalue weighted by Crippen LogP contribution is 2.39. The molecule has 3 heteroatoms. The van der Waals surface area contributed by atoms with Crippen LogP contribution in [0.2, 0.25) is 18.1 Å². The number of allylic oxidation sites excluding steroid dienone is 1. The molecule has 1 N–H and O–H groups in total. The number of terminal acetylenes is 1. The fourth-order valence-electron chi connectivity index (χ4n) is 1.80. The predicted molar refractivity (Wildman–Crippen MR) is 90.2 cm³/mol. The zero-order chi connectivity index (χ0) is 16.0. The third-order valence-electron chi connectivity index (χ3n) is 4.34. The Hall–Kier alpha value is -0.563. The van der Waals surface area contributed by atoms with Crippen molar-refractivity contribution in [3.05, 3.63) is 12.7 Å². The van der Waals surface area contributed by atoms with Gasteiger partial charge in [-0.15, -0.1) is 18.9 Å². The standard InChI is InChI=1S/C17H32O2Si/c1-9-11-13-15(17(6,18)14-12-10-2)19-20(7,8)16(3,4)5/h1,10,15,18H,2,11-14H2,3-8H3/t15-,17+/m0/s1. The molecule has 2 atom stereocenters. The zero-order valence-corrected chi connectivity index (χ0v) is 15.1. The maximum absolute atomic E-state index is 10.7. The molecule has 0 aromatic rings. The van der Waals surface area contributed by atoms with E-state index in [1.807, 2.05) is 13.0 Å². The maximum Gasteiger partial charge on any atom is 0.192 e. The first-order valence-electron chi connectivity index (χ1n) is 7.42. The van der Waals surface area contributed by atoms with Crippen molar-refractivity contribution in [2.24, 2.45) is 0 Å². The van der Waals surface area contributed by atoms with E-state index in [-0.39, 0.29) is 11.1 Å². The van der Waals surface area contributed by atoms with Gasteiger partial charge in [-0.1, -0.05) is 26.8 Å².